The Labute approximate surface area is 104 Å². The zero-order chi connectivity index (χ0) is 12.4. The fourth-order valence-electron chi connectivity index (χ4n) is 1.60. The molecule has 0 fully saturated rings. The second-order valence-corrected chi connectivity index (χ2v) is 4.23. The molecule has 0 aliphatic heterocycles. The molecule has 0 saturated heterocycles. The van der Waals surface area contributed by atoms with Gasteiger partial charge in [0.1, 0.15) is 12.1 Å². The van der Waals surface area contributed by atoms with E-state index >= 15 is 0 Å². The largest absolute Gasteiger partial charge is 0.298 e. The third kappa shape index (κ3) is 2.37. The van der Waals surface area contributed by atoms with Gasteiger partial charge in [-0.25, -0.2) is 4.39 Å². The predicted octanol–water partition coefficient (Wildman–Crippen LogP) is 4.27. The van der Waals surface area contributed by atoms with E-state index in [9.17, 15) is 9.18 Å². The third-order valence-electron chi connectivity index (χ3n) is 2.61. The van der Waals surface area contributed by atoms with Gasteiger partial charge in [-0.1, -0.05) is 35.9 Å². The minimum absolute atomic E-state index is 0.266. The van der Waals surface area contributed by atoms with Gasteiger partial charge in [-0.15, -0.1) is 0 Å². The number of carbonyl (C=O) groups is 1. The minimum atomic E-state index is -0.266. The van der Waals surface area contributed by atoms with Crippen molar-refractivity contribution in [2.75, 3.05) is 0 Å². The molecule has 0 aliphatic carbocycles. The van der Waals surface area contributed by atoms with Crippen molar-refractivity contribution >= 4 is 17.9 Å². The van der Waals surface area contributed by atoms with E-state index in [2.05, 4.69) is 0 Å². The van der Waals surface area contributed by atoms with E-state index in [0.717, 1.165) is 11.8 Å². The topological polar surface area (TPSA) is 17.1 Å². The Morgan fingerprint density at radius 3 is 2.53 bits per heavy atom. The smallest absolute Gasteiger partial charge is 0.150 e. The molecule has 0 saturated carbocycles. The number of aldehydes is 1. The van der Waals surface area contributed by atoms with E-state index in [1.807, 2.05) is 0 Å². The Morgan fingerprint density at radius 1 is 1.18 bits per heavy atom. The first-order valence-electron chi connectivity index (χ1n) is 5.13. The normalized spacial score (nSPS) is 10.3. The van der Waals surface area contributed by atoms with Crippen LogP contribution in [-0.4, -0.2) is 6.29 Å². The molecule has 0 aliphatic rings. The summed E-state index contributed by atoms with van der Waals surface area (Å²) in [6, 6.07) is 9.90. The summed E-state index contributed by atoms with van der Waals surface area (Å²) in [4.78, 5) is 10.6. The number of halogens is 2. The van der Waals surface area contributed by atoms with Crippen molar-refractivity contribution in [2.24, 2.45) is 0 Å². The Hall–Kier alpha value is -1.67. The fraction of sp³-hybridized carbons (Fsp3) is 0.0714. The molecular formula is C14H10ClFO. The third-order valence-corrected chi connectivity index (χ3v) is 2.92. The number of rotatable bonds is 2. The second kappa shape index (κ2) is 4.68. The van der Waals surface area contributed by atoms with Crippen LogP contribution in [0.3, 0.4) is 0 Å². The number of carbonyl (C=O) groups excluding carboxylic acids is 1. The molecule has 0 heterocycles. The molecular weight excluding hydrogens is 239 g/mol. The average Bonchev–Trinajstić information content (AvgIpc) is 2.32. The first-order chi connectivity index (χ1) is 8.11. The van der Waals surface area contributed by atoms with E-state index in [-0.39, 0.29) is 5.82 Å². The van der Waals surface area contributed by atoms with Crippen molar-refractivity contribution < 1.29 is 9.18 Å². The van der Waals surface area contributed by atoms with Crippen LogP contribution in [0.25, 0.3) is 11.1 Å². The molecule has 3 heteroatoms. The predicted molar refractivity (Wildman–Crippen MR) is 67.0 cm³/mol. The Balaban J connectivity index is 2.52. The number of hydrogen-bond donors (Lipinski definition) is 0. The van der Waals surface area contributed by atoms with Crippen LogP contribution in [0.2, 0.25) is 5.02 Å². The lowest BCUT2D eigenvalue weighted by Crippen LogP contribution is -1.87. The molecule has 1 nitrogen and oxygen atoms in total. The summed E-state index contributed by atoms with van der Waals surface area (Å²) >= 11 is 6.05. The van der Waals surface area contributed by atoms with Gasteiger partial charge in [-0.2, -0.15) is 0 Å². The highest BCUT2D eigenvalue weighted by Crippen LogP contribution is 2.29. The molecule has 2 rings (SSSR count). The number of benzene rings is 2. The van der Waals surface area contributed by atoms with Gasteiger partial charge in [-0.3, -0.25) is 4.79 Å². The Kier molecular flexibility index (Phi) is 3.25. The summed E-state index contributed by atoms with van der Waals surface area (Å²) < 4.78 is 13.4. The van der Waals surface area contributed by atoms with Gasteiger partial charge in [-0.05, 0) is 30.2 Å². The van der Waals surface area contributed by atoms with Gasteiger partial charge in [0.15, 0.2) is 0 Å². The molecule has 2 aromatic rings. The molecule has 0 unspecified atom stereocenters. The van der Waals surface area contributed by atoms with Crippen molar-refractivity contribution in [3.63, 3.8) is 0 Å². The van der Waals surface area contributed by atoms with Crippen LogP contribution in [0.5, 0.6) is 0 Å². The highest BCUT2D eigenvalue weighted by Gasteiger charge is 2.06. The lowest BCUT2D eigenvalue weighted by atomic mass is 10.0. The summed E-state index contributed by atoms with van der Waals surface area (Å²) in [6.45, 7) is 1.70. The zero-order valence-electron chi connectivity index (χ0n) is 9.21. The van der Waals surface area contributed by atoms with Crippen LogP contribution in [0.1, 0.15) is 15.9 Å². The lowest BCUT2D eigenvalue weighted by molar-refractivity contribution is 0.112. The molecule has 2 aromatic carbocycles. The van der Waals surface area contributed by atoms with E-state index in [1.54, 1.807) is 37.3 Å². The average molecular weight is 249 g/mol. The molecule has 0 aromatic heterocycles. The summed E-state index contributed by atoms with van der Waals surface area (Å²) in [6.07, 6.45) is 0.728. The SMILES string of the molecule is Cc1ccc(-c2ccc(C=O)cc2Cl)cc1F. The maximum Gasteiger partial charge on any atom is 0.150 e. The first kappa shape index (κ1) is 11.8. The van der Waals surface area contributed by atoms with Crippen LogP contribution in [0, 0.1) is 12.7 Å². The van der Waals surface area contributed by atoms with Crippen molar-refractivity contribution in [1.29, 1.82) is 0 Å². The van der Waals surface area contributed by atoms with Crippen molar-refractivity contribution in [3.8, 4) is 11.1 Å². The highest BCUT2D eigenvalue weighted by atomic mass is 35.5. The quantitative estimate of drug-likeness (QED) is 0.726. The molecule has 0 atom stereocenters. The van der Waals surface area contributed by atoms with Crippen molar-refractivity contribution in [3.05, 3.63) is 58.4 Å². The summed E-state index contributed by atoms with van der Waals surface area (Å²) in [5.74, 6) is -0.266. The molecule has 0 N–H and O–H groups in total. The van der Waals surface area contributed by atoms with Crippen LogP contribution >= 0.6 is 11.6 Å². The van der Waals surface area contributed by atoms with Gasteiger partial charge in [0, 0.05) is 16.1 Å². The van der Waals surface area contributed by atoms with E-state index in [4.69, 9.17) is 11.6 Å². The van der Waals surface area contributed by atoms with Crippen LogP contribution < -0.4 is 0 Å². The maximum absolute atomic E-state index is 13.4. The lowest BCUT2D eigenvalue weighted by Gasteiger charge is -2.06. The van der Waals surface area contributed by atoms with Gasteiger partial charge in [0.25, 0.3) is 0 Å². The van der Waals surface area contributed by atoms with Gasteiger partial charge < -0.3 is 0 Å². The van der Waals surface area contributed by atoms with E-state index < -0.39 is 0 Å². The van der Waals surface area contributed by atoms with Crippen molar-refractivity contribution in [1.82, 2.24) is 0 Å². The second-order valence-electron chi connectivity index (χ2n) is 3.82. The Morgan fingerprint density at radius 2 is 1.94 bits per heavy atom. The zero-order valence-corrected chi connectivity index (χ0v) is 9.96. The monoisotopic (exact) mass is 248 g/mol. The molecule has 17 heavy (non-hydrogen) atoms. The van der Waals surface area contributed by atoms with Gasteiger partial charge in [0.2, 0.25) is 0 Å². The minimum Gasteiger partial charge on any atom is -0.298 e. The first-order valence-corrected chi connectivity index (χ1v) is 5.51. The molecule has 0 spiro atoms. The summed E-state index contributed by atoms with van der Waals surface area (Å²) in [7, 11) is 0. The van der Waals surface area contributed by atoms with Crippen LogP contribution in [0.15, 0.2) is 36.4 Å². The fourth-order valence-corrected chi connectivity index (χ4v) is 1.90. The molecule has 0 bridgehead atoms. The molecule has 0 amide bonds. The van der Waals surface area contributed by atoms with Crippen LogP contribution in [0.4, 0.5) is 4.39 Å². The number of hydrogen-bond acceptors (Lipinski definition) is 1. The number of aryl methyl sites for hydroxylation is 1. The summed E-state index contributed by atoms with van der Waals surface area (Å²) in [5, 5.41) is 0.442. The summed E-state index contributed by atoms with van der Waals surface area (Å²) in [5.41, 5.74) is 2.52. The molecule has 0 radical (unpaired) electrons. The van der Waals surface area contributed by atoms with Crippen LogP contribution in [-0.2, 0) is 0 Å². The Bertz CT molecular complexity index is 578. The highest BCUT2D eigenvalue weighted by molar-refractivity contribution is 6.33. The maximum atomic E-state index is 13.4. The van der Waals surface area contributed by atoms with E-state index in [1.165, 1.54) is 6.07 Å². The van der Waals surface area contributed by atoms with E-state index in [0.29, 0.717) is 21.7 Å². The molecule has 86 valence electrons. The van der Waals surface area contributed by atoms with Gasteiger partial charge >= 0.3 is 0 Å². The van der Waals surface area contributed by atoms with Crippen molar-refractivity contribution in [2.45, 2.75) is 6.92 Å². The van der Waals surface area contributed by atoms with Gasteiger partial charge in [0.05, 0.1) is 0 Å². The standard InChI is InChI=1S/C14H10ClFO/c1-9-2-4-11(7-14(9)16)12-5-3-10(8-17)6-13(12)15/h2-8H,1H3.